The standard InChI is InChI=1S/C27H32N2O7/c1-15-11-17-12-16(7-8-19(17)36-15)24(30)22-23(29(10-9-28(2)3)27(32)25(22)31)18-13-20(33-4)26(35-6)21(14-18)34-5/h7-8,12-15,23,30H,9-11H2,1-6H3/t15-,23-/m1/s1. The van der Waals surface area contributed by atoms with Crippen LogP contribution in [0.2, 0.25) is 0 Å². The molecule has 192 valence electrons. The molecule has 0 radical (unpaired) electrons. The number of aliphatic hydroxyl groups excluding tert-OH is 1. The van der Waals surface area contributed by atoms with Gasteiger partial charge < -0.3 is 33.9 Å². The summed E-state index contributed by atoms with van der Waals surface area (Å²) in [6.45, 7) is 2.79. The molecule has 1 fully saturated rings. The minimum absolute atomic E-state index is 0.0138. The average Bonchev–Trinajstić information content (AvgIpc) is 3.36. The number of ketones is 1. The summed E-state index contributed by atoms with van der Waals surface area (Å²) in [5, 5.41) is 11.4. The Balaban J connectivity index is 1.90. The molecule has 0 spiro atoms. The van der Waals surface area contributed by atoms with Crippen LogP contribution in [0.1, 0.15) is 29.7 Å². The van der Waals surface area contributed by atoms with Gasteiger partial charge >= 0.3 is 0 Å². The Labute approximate surface area is 210 Å². The lowest BCUT2D eigenvalue weighted by Gasteiger charge is -2.27. The lowest BCUT2D eigenvalue weighted by Crippen LogP contribution is -2.35. The van der Waals surface area contributed by atoms with Gasteiger partial charge in [-0.3, -0.25) is 9.59 Å². The summed E-state index contributed by atoms with van der Waals surface area (Å²) >= 11 is 0. The summed E-state index contributed by atoms with van der Waals surface area (Å²) in [5.74, 6) is 0.267. The Morgan fingerprint density at radius 3 is 2.33 bits per heavy atom. The molecule has 2 aliphatic heterocycles. The number of Topliss-reactive ketones (excluding diaryl/α,β-unsaturated/α-hetero) is 1. The van der Waals surface area contributed by atoms with Crippen molar-refractivity contribution in [2.45, 2.75) is 25.5 Å². The molecule has 0 aliphatic carbocycles. The second-order valence-electron chi connectivity index (χ2n) is 9.21. The maximum Gasteiger partial charge on any atom is 0.295 e. The fourth-order valence-corrected chi connectivity index (χ4v) is 4.75. The number of likely N-dealkylation sites (tertiary alicyclic amines) is 1. The third kappa shape index (κ3) is 4.46. The van der Waals surface area contributed by atoms with Gasteiger partial charge in [0.15, 0.2) is 11.5 Å². The number of carbonyl (C=O) groups is 2. The lowest BCUT2D eigenvalue weighted by atomic mass is 9.94. The van der Waals surface area contributed by atoms with Crippen molar-refractivity contribution in [1.29, 1.82) is 0 Å². The first-order chi connectivity index (χ1) is 17.2. The van der Waals surface area contributed by atoms with Gasteiger partial charge in [0.1, 0.15) is 17.6 Å². The van der Waals surface area contributed by atoms with E-state index in [1.54, 1.807) is 24.3 Å². The van der Waals surface area contributed by atoms with E-state index < -0.39 is 17.7 Å². The monoisotopic (exact) mass is 496 g/mol. The van der Waals surface area contributed by atoms with Crippen molar-refractivity contribution in [3.63, 3.8) is 0 Å². The Morgan fingerprint density at radius 1 is 1.08 bits per heavy atom. The van der Waals surface area contributed by atoms with E-state index in [0.717, 1.165) is 11.3 Å². The molecule has 2 aromatic rings. The molecule has 1 saturated heterocycles. The summed E-state index contributed by atoms with van der Waals surface area (Å²) in [7, 11) is 8.27. The van der Waals surface area contributed by atoms with E-state index >= 15 is 0 Å². The number of methoxy groups -OCH3 is 3. The molecule has 2 heterocycles. The zero-order valence-electron chi connectivity index (χ0n) is 21.5. The zero-order chi connectivity index (χ0) is 26.1. The van der Waals surface area contributed by atoms with Crippen LogP contribution in [0, 0.1) is 0 Å². The molecule has 0 saturated carbocycles. The maximum atomic E-state index is 13.3. The van der Waals surface area contributed by atoms with Crippen molar-refractivity contribution in [3.05, 3.63) is 52.6 Å². The Bertz CT molecular complexity index is 1200. The maximum absolute atomic E-state index is 13.3. The Morgan fingerprint density at radius 2 is 1.75 bits per heavy atom. The van der Waals surface area contributed by atoms with E-state index in [0.29, 0.717) is 41.3 Å². The van der Waals surface area contributed by atoms with Crippen molar-refractivity contribution in [3.8, 4) is 23.0 Å². The molecule has 1 amide bonds. The molecule has 4 rings (SSSR count). The molecular formula is C27H32N2O7. The first-order valence-corrected chi connectivity index (χ1v) is 11.7. The van der Waals surface area contributed by atoms with Gasteiger partial charge in [-0.1, -0.05) is 0 Å². The predicted octanol–water partition coefficient (Wildman–Crippen LogP) is 3.02. The molecule has 0 unspecified atom stereocenters. The summed E-state index contributed by atoms with van der Waals surface area (Å²) < 4.78 is 22.2. The first-order valence-electron chi connectivity index (χ1n) is 11.7. The van der Waals surface area contributed by atoms with E-state index in [2.05, 4.69) is 0 Å². The van der Waals surface area contributed by atoms with Crippen molar-refractivity contribution >= 4 is 17.4 Å². The van der Waals surface area contributed by atoms with Crippen molar-refractivity contribution in [2.75, 3.05) is 48.5 Å². The number of rotatable bonds is 8. The van der Waals surface area contributed by atoms with Crippen LogP contribution in [0.25, 0.3) is 5.76 Å². The number of amides is 1. The number of carbonyl (C=O) groups excluding carboxylic acids is 2. The zero-order valence-corrected chi connectivity index (χ0v) is 21.5. The Hall–Kier alpha value is -3.72. The van der Waals surface area contributed by atoms with Crippen LogP contribution in [0.15, 0.2) is 35.9 Å². The van der Waals surface area contributed by atoms with Crippen molar-refractivity contribution < 1.29 is 33.6 Å². The molecule has 9 nitrogen and oxygen atoms in total. The fourth-order valence-electron chi connectivity index (χ4n) is 4.75. The number of nitrogens with zero attached hydrogens (tertiary/aromatic N) is 2. The van der Waals surface area contributed by atoms with Crippen LogP contribution >= 0.6 is 0 Å². The van der Waals surface area contributed by atoms with Gasteiger partial charge in [-0.25, -0.2) is 0 Å². The van der Waals surface area contributed by atoms with Gasteiger partial charge in [-0.2, -0.15) is 0 Å². The van der Waals surface area contributed by atoms with E-state index in [4.69, 9.17) is 18.9 Å². The van der Waals surface area contributed by atoms with Gasteiger partial charge in [0, 0.05) is 25.1 Å². The summed E-state index contributed by atoms with van der Waals surface area (Å²) in [6.07, 6.45) is 0.734. The normalized spacial score (nSPS) is 20.5. The van der Waals surface area contributed by atoms with Crippen LogP contribution in [-0.4, -0.2) is 81.2 Å². The van der Waals surface area contributed by atoms with E-state index in [1.807, 2.05) is 32.0 Å². The molecule has 9 heteroatoms. The summed E-state index contributed by atoms with van der Waals surface area (Å²) in [5.41, 5.74) is 1.97. The van der Waals surface area contributed by atoms with Crippen LogP contribution in [0.3, 0.4) is 0 Å². The second-order valence-corrected chi connectivity index (χ2v) is 9.21. The minimum atomic E-state index is -0.845. The smallest absolute Gasteiger partial charge is 0.295 e. The van der Waals surface area contributed by atoms with Crippen LogP contribution < -0.4 is 18.9 Å². The first kappa shape index (κ1) is 25.4. The number of fused-ring (bicyclic) bond motifs is 1. The molecule has 36 heavy (non-hydrogen) atoms. The third-order valence-corrected chi connectivity index (χ3v) is 6.50. The number of aliphatic hydroxyl groups is 1. The number of hydrogen-bond acceptors (Lipinski definition) is 8. The fraction of sp³-hybridized carbons (Fsp3) is 0.407. The number of hydrogen-bond donors (Lipinski definition) is 1. The predicted molar refractivity (Wildman–Crippen MR) is 134 cm³/mol. The molecule has 0 aromatic heterocycles. The third-order valence-electron chi connectivity index (χ3n) is 6.50. The quantitative estimate of drug-likeness (QED) is 0.338. The number of likely N-dealkylation sites (N-methyl/N-ethyl adjacent to an activating group) is 1. The molecule has 2 aromatic carbocycles. The highest BCUT2D eigenvalue weighted by Gasteiger charge is 2.46. The van der Waals surface area contributed by atoms with Gasteiger partial charge in [0.05, 0.1) is 32.9 Å². The van der Waals surface area contributed by atoms with E-state index in [9.17, 15) is 14.7 Å². The molecular weight excluding hydrogens is 464 g/mol. The van der Waals surface area contributed by atoms with Gasteiger partial charge in [0.2, 0.25) is 5.75 Å². The molecule has 2 aliphatic rings. The highest BCUT2D eigenvalue weighted by atomic mass is 16.5. The Kier molecular flexibility index (Phi) is 7.12. The highest BCUT2D eigenvalue weighted by Crippen LogP contribution is 2.46. The highest BCUT2D eigenvalue weighted by molar-refractivity contribution is 6.46. The van der Waals surface area contributed by atoms with Crippen molar-refractivity contribution in [2.24, 2.45) is 0 Å². The topological polar surface area (TPSA) is 97.8 Å². The largest absolute Gasteiger partial charge is 0.507 e. The van der Waals surface area contributed by atoms with Crippen LogP contribution in [-0.2, 0) is 16.0 Å². The molecule has 0 bridgehead atoms. The second kappa shape index (κ2) is 10.1. The molecule has 1 N–H and O–H groups in total. The average molecular weight is 497 g/mol. The van der Waals surface area contributed by atoms with Crippen molar-refractivity contribution in [1.82, 2.24) is 9.80 Å². The lowest BCUT2D eigenvalue weighted by molar-refractivity contribution is -0.140. The minimum Gasteiger partial charge on any atom is -0.507 e. The SMILES string of the molecule is COc1cc([C@@H]2C(=C(O)c3ccc4c(c3)C[C@@H](C)O4)C(=O)C(=O)N2CCN(C)C)cc(OC)c1OC. The summed E-state index contributed by atoms with van der Waals surface area (Å²) in [4.78, 5) is 30.0. The van der Waals surface area contributed by atoms with Crippen LogP contribution in [0.5, 0.6) is 23.0 Å². The number of ether oxygens (including phenoxy) is 4. The van der Waals surface area contributed by atoms with Gasteiger partial charge in [-0.05, 0) is 62.5 Å². The molecule has 2 atom stereocenters. The van der Waals surface area contributed by atoms with Crippen LogP contribution in [0.4, 0.5) is 0 Å². The van der Waals surface area contributed by atoms with Gasteiger partial charge in [-0.15, -0.1) is 0 Å². The van der Waals surface area contributed by atoms with Gasteiger partial charge in [0.25, 0.3) is 11.7 Å². The van der Waals surface area contributed by atoms with E-state index in [-0.39, 0.29) is 24.0 Å². The number of benzene rings is 2. The van der Waals surface area contributed by atoms with E-state index in [1.165, 1.54) is 26.2 Å². The summed E-state index contributed by atoms with van der Waals surface area (Å²) in [6, 6.07) is 7.85.